The normalized spacial score (nSPS) is 19.8. The summed E-state index contributed by atoms with van der Waals surface area (Å²) < 4.78 is 13.2. The summed E-state index contributed by atoms with van der Waals surface area (Å²) >= 11 is 0. The fraction of sp³-hybridized carbons (Fsp3) is 0.500. The van der Waals surface area contributed by atoms with E-state index in [1.807, 2.05) is 29.2 Å². The maximum Gasteiger partial charge on any atom is 0.318 e. The molecule has 28 heavy (non-hydrogen) atoms. The molecule has 0 radical (unpaired) electrons. The number of benzene rings is 1. The van der Waals surface area contributed by atoms with E-state index in [0.29, 0.717) is 6.54 Å². The number of carbonyl (C=O) groups is 1. The molecule has 2 aromatic rings. The van der Waals surface area contributed by atoms with E-state index in [2.05, 4.69) is 22.1 Å². The third kappa shape index (κ3) is 3.55. The first-order valence-electron chi connectivity index (χ1n) is 10.2. The number of carbonyl (C=O) groups excluding carboxylic acids is 1. The van der Waals surface area contributed by atoms with E-state index >= 15 is 0 Å². The van der Waals surface area contributed by atoms with Crippen molar-refractivity contribution in [2.24, 2.45) is 0 Å². The lowest BCUT2D eigenvalue weighted by atomic mass is 9.95. The SMILES string of the molecule is COc1ccc(C2c3cccn3CCN2C(=O)NC2CCCCC2)c(OC)c1. The molecule has 1 aliphatic heterocycles. The molecule has 0 spiro atoms. The predicted molar refractivity (Wildman–Crippen MR) is 108 cm³/mol. The highest BCUT2D eigenvalue weighted by Crippen LogP contribution is 2.39. The zero-order valence-corrected chi connectivity index (χ0v) is 16.7. The molecule has 1 N–H and O–H groups in total. The van der Waals surface area contributed by atoms with Gasteiger partial charge in [-0.2, -0.15) is 0 Å². The molecule has 1 aromatic heterocycles. The molecule has 1 fully saturated rings. The van der Waals surface area contributed by atoms with Gasteiger partial charge in [0.15, 0.2) is 0 Å². The number of nitrogens with zero attached hydrogens (tertiary/aromatic N) is 2. The summed E-state index contributed by atoms with van der Waals surface area (Å²) in [5.74, 6) is 1.47. The number of fused-ring (bicyclic) bond motifs is 1. The molecule has 2 heterocycles. The summed E-state index contributed by atoms with van der Waals surface area (Å²) in [5, 5.41) is 3.28. The molecular weight excluding hydrogens is 354 g/mol. The van der Waals surface area contributed by atoms with Crippen molar-refractivity contribution in [1.29, 1.82) is 0 Å². The number of urea groups is 1. The van der Waals surface area contributed by atoms with E-state index in [1.165, 1.54) is 19.3 Å². The highest BCUT2D eigenvalue weighted by molar-refractivity contribution is 5.76. The van der Waals surface area contributed by atoms with Gasteiger partial charge in [0.25, 0.3) is 0 Å². The van der Waals surface area contributed by atoms with Crippen molar-refractivity contribution in [2.75, 3.05) is 20.8 Å². The van der Waals surface area contributed by atoms with Crippen molar-refractivity contribution in [3.05, 3.63) is 47.8 Å². The van der Waals surface area contributed by atoms with Gasteiger partial charge in [-0.25, -0.2) is 4.79 Å². The van der Waals surface area contributed by atoms with Crippen molar-refractivity contribution in [3.63, 3.8) is 0 Å². The summed E-state index contributed by atoms with van der Waals surface area (Å²) in [4.78, 5) is 15.2. The Morgan fingerprint density at radius 1 is 1.07 bits per heavy atom. The lowest BCUT2D eigenvalue weighted by Gasteiger charge is -2.39. The van der Waals surface area contributed by atoms with E-state index < -0.39 is 0 Å². The van der Waals surface area contributed by atoms with E-state index in [0.717, 1.165) is 42.1 Å². The highest BCUT2D eigenvalue weighted by atomic mass is 16.5. The van der Waals surface area contributed by atoms with Crippen molar-refractivity contribution in [2.45, 2.75) is 50.7 Å². The Morgan fingerprint density at radius 3 is 2.64 bits per heavy atom. The van der Waals surface area contributed by atoms with Crippen LogP contribution in [0, 0.1) is 0 Å². The van der Waals surface area contributed by atoms with Crippen molar-refractivity contribution >= 4 is 6.03 Å². The third-order valence-corrected chi connectivity index (χ3v) is 5.97. The smallest absolute Gasteiger partial charge is 0.318 e. The molecule has 1 aromatic carbocycles. The van der Waals surface area contributed by atoms with Crippen LogP contribution in [0.2, 0.25) is 0 Å². The zero-order valence-electron chi connectivity index (χ0n) is 16.7. The van der Waals surface area contributed by atoms with Gasteiger partial charge < -0.3 is 24.3 Å². The molecule has 1 saturated carbocycles. The summed E-state index contributed by atoms with van der Waals surface area (Å²) in [6, 6.07) is 10.1. The maximum atomic E-state index is 13.2. The summed E-state index contributed by atoms with van der Waals surface area (Å²) in [7, 11) is 3.30. The average molecular weight is 383 g/mol. The number of ether oxygens (including phenoxy) is 2. The van der Waals surface area contributed by atoms with E-state index in [4.69, 9.17) is 9.47 Å². The number of methoxy groups -OCH3 is 2. The predicted octanol–water partition coefficient (Wildman–Crippen LogP) is 3.95. The van der Waals surface area contributed by atoms with Crippen LogP contribution in [0.25, 0.3) is 0 Å². The van der Waals surface area contributed by atoms with Gasteiger partial charge in [-0.1, -0.05) is 19.3 Å². The van der Waals surface area contributed by atoms with Gasteiger partial charge >= 0.3 is 6.03 Å². The molecule has 6 heteroatoms. The van der Waals surface area contributed by atoms with Gasteiger partial charge in [-0.15, -0.1) is 0 Å². The fourth-order valence-corrected chi connectivity index (χ4v) is 4.48. The molecule has 1 unspecified atom stereocenters. The number of hydrogen-bond acceptors (Lipinski definition) is 3. The molecule has 2 amide bonds. The van der Waals surface area contributed by atoms with Gasteiger partial charge in [0.2, 0.25) is 0 Å². The number of nitrogens with one attached hydrogen (secondary N) is 1. The molecule has 1 aliphatic carbocycles. The van der Waals surface area contributed by atoms with Gasteiger partial charge in [0, 0.05) is 42.7 Å². The number of amides is 2. The minimum atomic E-state index is -0.187. The number of hydrogen-bond donors (Lipinski definition) is 1. The second kappa shape index (κ2) is 8.17. The van der Waals surface area contributed by atoms with Gasteiger partial charge in [-0.05, 0) is 37.1 Å². The van der Waals surface area contributed by atoms with Crippen molar-refractivity contribution in [1.82, 2.24) is 14.8 Å². The molecular formula is C22H29N3O3. The van der Waals surface area contributed by atoms with Crippen LogP contribution in [-0.4, -0.2) is 42.3 Å². The van der Waals surface area contributed by atoms with Crippen molar-refractivity contribution in [3.8, 4) is 11.5 Å². The first-order chi connectivity index (χ1) is 13.7. The first kappa shape index (κ1) is 18.7. The Morgan fingerprint density at radius 2 is 1.89 bits per heavy atom. The van der Waals surface area contributed by atoms with Crippen LogP contribution in [0.5, 0.6) is 11.5 Å². The molecule has 2 aliphatic rings. The van der Waals surface area contributed by atoms with Gasteiger partial charge in [0.05, 0.1) is 14.2 Å². The average Bonchev–Trinajstić information content (AvgIpc) is 3.22. The summed E-state index contributed by atoms with van der Waals surface area (Å²) in [5.41, 5.74) is 2.08. The Hall–Kier alpha value is -2.63. The minimum absolute atomic E-state index is 0.0159. The second-order valence-electron chi connectivity index (χ2n) is 7.61. The van der Waals surface area contributed by atoms with E-state index in [1.54, 1.807) is 14.2 Å². The second-order valence-corrected chi connectivity index (χ2v) is 7.61. The molecule has 0 saturated heterocycles. The molecule has 6 nitrogen and oxygen atoms in total. The van der Waals surface area contributed by atoms with E-state index in [9.17, 15) is 4.79 Å². The molecule has 150 valence electrons. The largest absolute Gasteiger partial charge is 0.497 e. The fourth-order valence-electron chi connectivity index (χ4n) is 4.48. The zero-order chi connectivity index (χ0) is 19.5. The van der Waals surface area contributed by atoms with Crippen LogP contribution in [-0.2, 0) is 6.54 Å². The van der Waals surface area contributed by atoms with Crippen LogP contribution < -0.4 is 14.8 Å². The monoisotopic (exact) mass is 383 g/mol. The van der Waals surface area contributed by atoms with E-state index in [-0.39, 0.29) is 18.1 Å². The molecule has 1 atom stereocenters. The number of rotatable bonds is 4. The standard InChI is InChI=1S/C22H29N3O3/c1-27-17-10-11-18(20(15-17)28-2)21-19-9-6-12-24(19)13-14-25(21)22(26)23-16-7-4-3-5-8-16/h6,9-12,15-16,21H,3-5,7-8,13-14H2,1-2H3,(H,23,26). The topological polar surface area (TPSA) is 55.7 Å². The summed E-state index contributed by atoms with van der Waals surface area (Å²) in [6.07, 6.45) is 7.90. The molecule has 4 rings (SSSR count). The van der Waals surface area contributed by atoms with Crippen LogP contribution in [0.3, 0.4) is 0 Å². The van der Waals surface area contributed by atoms with Crippen LogP contribution in [0.4, 0.5) is 4.79 Å². The Kier molecular flexibility index (Phi) is 5.46. The summed E-state index contributed by atoms with van der Waals surface area (Å²) in [6.45, 7) is 1.47. The quantitative estimate of drug-likeness (QED) is 0.870. The lowest BCUT2D eigenvalue weighted by Crippen LogP contribution is -2.50. The Bertz CT molecular complexity index is 826. The van der Waals surface area contributed by atoms with Gasteiger partial charge in [0.1, 0.15) is 17.5 Å². The Labute approximate surface area is 166 Å². The highest BCUT2D eigenvalue weighted by Gasteiger charge is 2.35. The first-order valence-corrected chi connectivity index (χ1v) is 10.2. The Balaban J connectivity index is 1.67. The van der Waals surface area contributed by atoms with Crippen LogP contribution >= 0.6 is 0 Å². The third-order valence-electron chi connectivity index (χ3n) is 5.97. The minimum Gasteiger partial charge on any atom is -0.497 e. The van der Waals surface area contributed by atoms with Crippen molar-refractivity contribution < 1.29 is 14.3 Å². The van der Waals surface area contributed by atoms with Crippen LogP contribution in [0.1, 0.15) is 49.4 Å². The molecule has 0 bridgehead atoms. The lowest BCUT2D eigenvalue weighted by molar-refractivity contribution is 0.161. The van der Waals surface area contributed by atoms with Crippen LogP contribution in [0.15, 0.2) is 36.5 Å². The maximum absolute atomic E-state index is 13.2. The number of aromatic nitrogens is 1. The van der Waals surface area contributed by atoms with Gasteiger partial charge in [-0.3, -0.25) is 0 Å².